The molecule has 3 unspecified atom stereocenters. The molecule has 2 aromatic carbocycles. The lowest BCUT2D eigenvalue weighted by molar-refractivity contribution is -0.136. The Bertz CT molecular complexity index is 1100. The van der Waals surface area contributed by atoms with Gasteiger partial charge in [0.25, 0.3) is 0 Å². The van der Waals surface area contributed by atoms with Gasteiger partial charge in [0.2, 0.25) is 0 Å². The molecule has 2 fully saturated rings. The van der Waals surface area contributed by atoms with Crippen molar-refractivity contribution in [3.63, 3.8) is 0 Å². The summed E-state index contributed by atoms with van der Waals surface area (Å²) in [7, 11) is 5.31. The summed E-state index contributed by atoms with van der Waals surface area (Å²) in [5.41, 5.74) is -0.0695. The molecule has 2 aromatic rings. The van der Waals surface area contributed by atoms with Gasteiger partial charge in [0, 0.05) is 29.0 Å². The summed E-state index contributed by atoms with van der Waals surface area (Å²) >= 11 is 3.06. The standard InChI is InChI=1S/C25H29BrF3N3O3/c1-32-13-16-10-18(30-23(33)31-20-6-5-17(26)12-19(20)25(27,28)29)8-9-24(16,14-32)15-4-7-21(34-2)22(11-15)35-3/h4-7,11-12,16,18H,8-10,13-14H2,1-3H3,(H2,30,31,33). The molecule has 3 atom stereocenters. The smallest absolute Gasteiger partial charge is 0.418 e. The Labute approximate surface area is 211 Å². The number of urea groups is 1. The van der Waals surface area contributed by atoms with Crippen LogP contribution >= 0.6 is 15.9 Å². The van der Waals surface area contributed by atoms with E-state index in [4.69, 9.17) is 9.47 Å². The SMILES string of the molecule is COc1ccc(C23CCC(NC(=O)Nc4ccc(Br)cc4C(F)(F)F)CC2CN(C)C3)cc1OC. The molecule has 2 amide bonds. The number of nitrogens with zero attached hydrogens (tertiary/aromatic N) is 1. The molecular weight excluding hydrogens is 527 g/mol. The molecule has 0 bridgehead atoms. The zero-order valence-corrected chi connectivity index (χ0v) is 21.4. The Morgan fingerprint density at radius 2 is 1.89 bits per heavy atom. The third kappa shape index (κ3) is 5.23. The van der Waals surface area contributed by atoms with E-state index in [9.17, 15) is 18.0 Å². The van der Waals surface area contributed by atoms with E-state index in [1.807, 2.05) is 12.1 Å². The molecule has 0 radical (unpaired) electrons. The number of nitrogens with one attached hydrogen (secondary N) is 2. The predicted molar refractivity (Wildman–Crippen MR) is 131 cm³/mol. The second-order valence-electron chi connectivity index (χ2n) is 9.38. The van der Waals surface area contributed by atoms with E-state index in [2.05, 4.69) is 44.6 Å². The van der Waals surface area contributed by atoms with Gasteiger partial charge in [0.15, 0.2) is 11.5 Å². The highest BCUT2D eigenvalue weighted by Crippen LogP contribution is 2.49. The number of methoxy groups -OCH3 is 2. The maximum atomic E-state index is 13.4. The van der Waals surface area contributed by atoms with E-state index in [-0.39, 0.29) is 23.1 Å². The summed E-state index contributed by atoms with van der Waals surface area (Å²) in [6.07, 6.45) is -2.28. The molecule has 1 heterocycles. The average molecular weight is 556 g/mol. The van der Waals surface area contributed by atoms with Crippen LogP contribution in [-0.2, 0) is 11.6 Å². The molecule has 1 aliphatic heterocycles. The molecule has 190 valence electrons. The van der Waals surface area contributed by atoms with E-state index in [0.717, 1.165) is 38.4 Å². The van der Waals surface area contributed by atoms with Crippen LogP contribution in [0.3, 0.4) is 0 Å². The Morgan fingerprint density at radius 3 is 2.57 bits per heavy atom. The minimum atomic E-state index is -4.58. The van der Waals surface area contributed by atoms with E-state index < -0.39 is 17.8 Å². The van der Waals surface area contributed by atoms with Gasteiger partial charge in [-0.1, -0.05) is 22.0 Å². The molecule has 1 saturated carbocycles. The summed E-state index contributed by atoms with van der Waals surface area (Å²) in [4.78, 5) is 15.0. The van der Waals surface area contributed by atoms with Gasteiger partial charge >= 0.3 is 12.2 Å². The summed E-state index contributed by atoms with van der Waals surface area (Å²) in [5.74, 6) is 1.64. The van der Waals surface area contributed by atoms with Gasteiger partial charge in [-0.05, 0) is 68.1 Å². The Kier molecular flexibility index (Phi) is 7.24. The third-order valence-corrected chi connectivity index (χ3v) is 7.70. The first kappa shape index (κ1) is 25.6. The Morgan fingerprint density at radius 1 is 1.14 bits per heavy atom. The summed E-state index contributed by atoms with van der Waals surface area (Å²) in [5, 5.41) is 5.30. The zero-order valence-electron chi connectivity index (χ0n) is 19.8. The topological polar surface area (TPSA) is 62.8 Å². The second kappa shape index (κ2) is 9.89. The van der Waals surface area contributed by atoms with Gasteiger partial charge in [-0.3, -0.25) is 0 Å². The quantitative estimate of drug-likeness (QED) is 0.499. The van der Waals surface area contributed by atoms with E-state index in [0.29, 0.717) is 16.0 Å². The van der Waals surface area contributed by atoms with Crippen molar-refractivity contribution in [2.75, 3.05) is 39.7 Å². The van der Waals surface area contributed by atoms with Crippen LogP contribution in [-0.4, -0.2) is 51.3 Å². The number of hydrogen-bond donors (Lipinski definition) is 2. The van der Waals surface area contributed by atoms with Crippen molar-refractivity contribution < 1.29 is 27.4 Å². The largest absolute Gasteiger partial charge is 0.493 e. The highest BCUT2D eigenvalue weighted by molar-refractivity contribution is 9.10. The lowest BCUT2D eigenvalue weighted by atomic mass is 9.63. The molecule has 0 spiro atoms. The van der Waals surface area contributed by atoms with Gasteiger partial charge in [-0.2, -0.15) is 13.2 Å². The van der Waals surface area contributed by atoms with Crippen LogP contribution in [0.4, 0.5) is 23.7 Å². The molecule has 4 rings (SSSR count). The first-order valence-electron chi connectivity index (χ1n) is 11.4. The van der Waals surface area contributed by atoms with Gasteiger partial charge in [-0.25, -0.2) is 4.79 Å². The molecule has 1 aliphatic carbocycles. The highest BCUT2D eigenvalue weighted by Gasteiger charge is 2.50. The maximum Gasteiger partial charge on any atom is 0.418 e. The minimum Gasteiger partial charge on any atom is -0.493 e. The minimum absolute atomic E-state index is 0.0852. The van der Waals surface area contributed by atoms with E-state index in [1.165, 1.54) is 17.7 Å². The lowest BCUT2D eigenvalue weighted by Gasteiger charge is -2.42. The Balaban J connectivity index is 1.48. The molecule has 1 saturated heterocycles. The Hall–Kier alpha value is -2.46. The van der Waals surface area contributed by atoms with Crippen molar-refractivity contribution in [2.24, 2.45) is 5.92 Å². The van der Waals surface area contributed by atoms with Crippen LogP contribution in [0.5, 0.6) is 11.5 Å². The molecule has 0 aromatic heterocycles. The van der Waals surface area contributed by atoms with Crippen LogP contribution in [0.1, 0.15) is 30.4 Å². The number of alkyl halides is 3. The number of likely N-dealkylation sites (N-methyl/N-ethyl adjacent to an activating group) is 1. The number of fused-ring (bicyclic) bond motifs is 1. The number of carbonyl (C=O) groups excluding carboxylic acids is 1. The van der Waals surface area contributed by atoms with Crippen molar-refractivity contribution in [3.8, 4) is 11.5 Å². The fourth-order valence-corrected chi connectivity index (χ4v) is 6.02. The zero-order chi connectivity index (χ0) is 25.4. The van der Waals surface area contributed by atoms with Gasteiger partial charge in [-0.15, -0.1) is 0 Å². The van der Waals surface area contributed by atoms with Gasteiger partial charge in [0.05, 0.1) is 25.5 Å². The first-order chi connectivity index (χ1) is 16.6. The summed E-state index contributed by atoms with van der Waals surface area (Å²) in [6, 6.07) is 8.96. The van der Waals surface area contributed by atoms with Crippen molar-refractivity contribution in [2.45, 2.75) is 36.9 Å². The van der Waals surface area contributed by atoms with Crippen LogP contribution in [0.15, 0.2) is 40.9 Å². The van der Waals surface area contributed by atoms with Crippen LogP contribution in [0.25, 0.3) is 0 Å². The van der Waals surface area contributed by atoms with Crippen LogP contribution in [0, 0.1) is 5.92 Å². The molecule has 10 heteroatoms. The number of benzene rings is 2. The summed E-state index contributed by atoms with van der Waals surface area (Å²) in [6.45, 7) is 1.76. The van der Waals surface area contributed by atoms with Crippen LogP contribution in [0.2, 0.25) is 0 Å². The summed E-state index contributed by atoms with van der Waals surface area (Å²) < 4.78 is 51.4. The number of anilines is 1. The second-order valence-corrected chi connectivity index (χ2v) is 10.3. The molecule has 2 aliphatic rings. The monoisotopic (exact) mass is 555 g/mol. The highest BCUT2D eigenvalue weighted by atomic mass is 79.9. The lowest BCUT2D eigenvalue weighted by Crippen LogP contribution is -2.48. The van der Waals surface area contributed by atoms with E-state index >= 15 is 0 Å². The number of hydrogen-bond acceptors (Lipinski definition) is 4. The molecule has 35 heavy (non-hydrogen) atoms. The predicted octanol–water partition coefficient (Wildman–Crippen LogP) is 5.66. The molecular formula is C25H29BrF3N3O3. The molecule has 2 N–H and O–H groups in total. The number of carbonyl (C=O) groups is 1. The van der Waals surface area contributed by atoms with E-state index in [1.54, 1.807) is 14.2 Å². The van der Waals surface area contributed by atoms with Crippen molar-refractivity contribution >= 4 is 27.6 Å². The molecule has 6 nitrogen and oxygen atoms in total. The van der Waals surface area contributed by atoms with Gasteiger partial charge in [0.1, 0.15) is 0 Å². The number of likely N-dealkylation sites (tertiary alicyclic amines) is 1. The van der Waals surface area contributed by atoms with Gasteiger partial charge < -0.3 is 25.0 Å². The van der Waals surface area contributed by atoms with Crippen molar-refractivity contribution in [3.05, 3.63) is 52.0 Å². The first-order valence-corrected chi connectivity index (χ1v) is 12.2. The number of rotatable bonds is 5. The number of amides is 2. The van der Waals surface area contributed by atoms with Crippen molar-refractivity contribution in [1.29, 1.82) is 0 Å². The third-order valence-electron chi connectivity index (χ3n) is 7.20. The van der Waals surface area contributed by atoms with Crippen molar-refractivity contribution in [1.82, 2.24) is 10.2 Å². The van der Waals surface area contributed by atoms with Crippen LogP contribution < -0.4 is 20.1 Å². The number of halogens is 4. The fourth-order valence-electron chi connectivity index (χ4n) is 5.65. The normalized spacial score (nSPS) is 24.5. The maximum absolute atomic E-state index is 13.4. The number of ether oxygens (including phenoxy) is 2. The average Bonchev–Trinajstić information content (AvgIpc) is 3.15. The fraction of sp³-hybridized carbons (Fsp3) is 0.480.